The van der Waals surface area contributed by atoms with Gasteiger partial charge < -0.3 is 15.4 Å². The summed E-state index contributed by atoms with van der Waals surface area (Å²) in [5, 5.41) is 6.43. The smallest absolute Gasteiger partial charge is 0.191 e. The number of halogens is 2. The molecule has 22 heavy (non-hydrogen) atoms. The summed E-state index contributed by atoms with van der Waals surface area (Å²) in [4.78, 5) is 4.15. The number of ether oxygens (including phenoxy) is 1. The van der Waals surface area contributed by atoms with Gasteiger partial charge in [0.25, 0.3) is 0 Å². The maximum Gasteiger partial charge on any atom is 0.191 e. The van der Waals surface area contributed by atoms with Crippen LogP contribution < -0.4 is 15.4 Å². The number of thioether (sulfide) groups is 1. The molecule has 0 amide bonds. The van der Waals surface area contributed by atoms with Crippen molar-refractivity contribution in [2.75, 3.05) is 33.0 Å². The summed E-state index contributed by atoms with van der Waals surface area (Å²) in [5.74, 6) is 0.973. The van der Waals surface area contributed by atoms with E-state index in [1.165, 1.54) is 12.1 Å². The Bertz CT molecular complexity index is 472. The number of aliphatic imine (C=N–C) groups is 1. The van der Waals surface area contributed by atoms with E-state index >= 15 is 0 Å². The minimum Gasteiger partial charge on any atom is -0.492 e. The van der Waals surface area contributed by atoms with E-state index in [2.05, 4.69) is 35.7 Å². The van der Waals surface area contributed by atoms with Crippen LogP contribution in [0.3, 0.4) is 0 Å². The van der Waals surface area contributed by atoms with Crippen molar-refractivity contribution in [2.45, 2.75) is 18.6 Å². The third-order valence-electron chi connectivity index (χ3n) is 2.92. The third kappa shape index (κ3) is 8.67. The molecule has 0 unspecified atom stereocenters. The number of nitrogens with zero attached hydrogens (tertiary/aromatic N) is 1. The van der Waals surface area contributed by atoms with Crippen LogP contribution in [-0.4, -0.2) is 43.7 Å². The average molecular weight is 441 g/mol. The molecule has 0 heterocycles. The van der Waals surface area contributed by atoms with Crippen LogP contribution in [0.4, 0.5) is 4.39 Å². The predicted octanol–water partition coefficient (Wildman–Crippen LogP) is 3.13. The van der Waals surface area contributed by atoms with Crippen LogP contribution in [-0.2, 0) is 0 Å². The summed E-state index contributed by atoms with van der Waals surface area (Å²) < 4.78 is 18.6. The fourth-order valence-electron chi connectivity index (χ4n) is 1.48. The number of hydrogen-bond donors (Lipinski definition) is 2. The summed E-state index contributed by atoms with van der Waals surface area (Å²) in [6, 6.07) is 6.12. The predicted molar refractivity (Wildman–Crippen MR) is 104 cm³/mol. The Labute approximate surface area is 153 Å². The van der Waals surface area contributed by atoms with Crippen LogP contribution >= 0.6 is 35.7 Å². The van der Waals surface area contributed by atoms with Crippen molar-refractivity contribution in [1.82, 2.24) is 10.6 Å². The Balaban J connectivity index is 0.00000441. The molecule has 4 nitrogen and oxygen atoms in total. The van der Waals surface area contributed by atoms with Gasteiger partial charge in [0.05, 0.1) is 6.54 Å². The lowest BCUT2D eigenvalue weighted by molar-refractivity contribution is 0.320. The maximum atomic E-state index is 13.0. The molecule has 126 valence electrons. The van der Waals surface area contributed by atoms with Crippen LogP contribution in [0, 0.1) is 5.82 Å². The third-order valence-corrected chi connectivity index (χ3v) is 4.17. The van der Waals surface area contributed by atoms with E-state index in [4.69, 9.17) is 4.74 Å². The normalized spacial score (nSPS) is 11.6. The highest BCUT2D eigenvalue weighted by molar-refractivity contribution is 14.0. The second-order valence-electron chi connectivity index (χ2n) is 5.12. The fraction of sp³-hybridized carbons (Fsp3) is 0.533. The van der Waals surface area contributed by atoms with E-state index < -0.39 is 0 Å². The molecule has 0 aliphatic carbocycles. The van der Waals surface area contributed by atoms with Gasteiger partial charge in [-0.05, 0) is 32.2 Å². The average Bonchev–Trinajstić information content (AvgIpc) is 2.46. The molecule has 0 atom stereocenters. The van der Waals surface area contributed by atoms with Gasteiger partial charge in [0.15, 0.2) is 5.96 Å². The number of nitrogens with one attached hydrogen (secondary N) is 2. The van der Waals surface area contributed by atoms with Crippen molar-refractivity contribution < 1.29 is 9.13 Å². The molecular formula is C15H25FIN3OS. The van der Waals surface area contributed by atoms with Crippen LogP contribution in [0.2, 0.25) is 0 Å². The quantitative estimate of drug-likeness (QED) is 0.296. The first-order valence-corrected chi connectivity index (χ1v) is 8.07. The van der Waals surface area contributed by atoms with Gasteiger partial charge in [0.2, 0.25) is 0 Å². The van der Waals surface area contributed by atoms with E-state index in [9.17, 15) is 4.39 Å². The standard InChI is InChI=1S/C15H24FN3OS.HI/c1-15(2,21-4)11-19-14(17-3)18-8-9-20-13-7-5-6-12(16)10-13;/h5-7,10H,8-9,11H2,1-4H3,(H2,17,18,19);1H. The van der Waals surface area contributed by atoms with Crippen molar-refractivity contribution in [3.8, 4) is 5.75 Å². The molecule has 0 bridgehead atoms. The molecule has 0 spiro atoms. The van der Waals surface area contributed by atoms with Gasteiger partial charge in [-0.25, -0.2) is 4.39 Å². The van der Waals surface area contributed by atoms with Gasteiger partial charge in [-0.1, -0.05) is 6.07 Å². The molecule has 0 saturated heterocycles. The maximum absolute atomic E-state index is 13.0. The molecule has 0 aromatic heterocycles. The van der Waals surface area contributed by atoms with Gasteiger partial charge in [0, 0.05) is 24.4 Å². The van der Waals surface area contributed by atoms with E-state index in [-0.39, 0.29) is 34.5 Å². The molecular weight excluding hydrogens is 416 g/mol. The second-order valence-corrected chi connectivity index (χ2v) is 6.64. The summed E-state index contributed by atoms with van der Waals surface area (Å²) in [7, 11) is 1.73. The van der Waals surface area contributed by atoms with Crippen LogP contribution in [0.25, 0.3) is 0 Å². The monoisotopic (exact) mass is 441 g/mol. The van der Waals surface area contributed by atoms with Gasteiger partial charge in [-0.2, -0.15) is 11.8 Å². The largest absolute Gasteiger partial charge is 0.492 e. The van der Waals surface area contributed by atoms with Gasteiger partial charge >= 0.3 is 0 Å². The zero-order chi connectivity index (χ0) is 15.7. The topological polar surface area (TPSA) is 45.7 Å². The van der Waals surface area contributed by atoms with Crippen molar-refractivity contribution >= 4 is 41.7 Å². The fourth-order valence-corrected chi connectivity index (χ4v) is 1.70. The minimum atomic E-state index is -0.294. The summed E-state index contributed by atoms with van der Waals surface area (Å²) >= 11 is 1.80. The molecule has 0 aliphatic rings. The van der Waals surface area contributed by atoms with Crippen LogP contribution in [0.5, 0.6) is 5.75 Å². The minimum absolute atomic E-state index is 0. The zero-order valence-corrected chi connectivity index (χ0v) is 16.6. The molecule has 1 aromatic rings. The lowest BCUT2D eigenvalue weighted by atomic mass is 10.2. The van der Waals surface area contributed by atoms with Gasteiger partial charge in [0.1, 0.15) is 18.2 Å². The first-order valence-electron chi connectivity index (χ1n) is 6.85. The van der Waals surface area contributed by atoms with Crippen molar-refractivity contribution in [1.29, 1.82) is 0 Å². The van der Waals surface area contributed by atoms with Gasteiger partial charge in [-0.3, -0.25) is 4.99 Å². The van der Waals surface area contributed by atoms with Crippen molar-refractivity contribution in [3.63, 3.8) is 0 Å². The summed E-state index contributed by atoms with van der Waals surface area (Å²) in [6.45, 7) is 6.20. The number of benzene rings is 1. The molecule has 0 radical (unpaired) electrons. The van der Waals surface area contributed by atoms with Crippen LogP contribution in [0.15, 0.2) is 29.3 Å². The molecule has 7 heteroatoms. The Kier molecular flexibility index (Phi) is 10.6. The molecule has 1 rings (SSSR count). The highest BCUT2D eigenvalue weighted by Crippen LogP contribution is 2.19. The number of guanidine groups is 1. The second kappa shape index (κ2) is 10.9. The number of rotatable bonds is 7. The van der Waals surface area contributed by atoms with Crippen molar-refractivity contribution in [2.24, 2.45) is 4.99 Å². The summed E-state index contributed by atoms with van der Waals surface area (Å²) in [5.41, 5.74) is 0. The van der Waals surface area contributed by atoms with Gasteiger partial charge in [-0.15, -0.1) is 24.0 Å². The van der Waals surface area contributed by atoms with E-state index in [1.54, 1.807) is 30.9 Å². The molecule has 1 aromatic carbocycles. The van der Waals surface area contributed by atoms with Crippen molar-refractivity contribution in [3.05, 3.63) is 30.1 Å². The highest BCUT2D eigenvalue weighted by Gasteiger charge is 2.15. The number of hydrogen-bond acceptors (Lipinski definition) is 3. The molecule has 0 saturated carbocycles. The highest BCUT2D eigenvalue weighted by atomic mass is 127. The Morgan fingerprint density at radius 3 is 2.68 bits per heavy atom. The molecule has 2 N–H and O–H groups in total. The Hall–Kier alpha value is -0.700. The SMILES string of the molecule is CN=C(NCCOc1cccc(F)c1)NCC(C)(C)SC.I. The Morgan fingerprint density at radius 2 is 2.09 bits per heavy atom. The lowest BCUT2D eigenvalue weighted by Gasteiger charge is -2.23. The first-order chi connectivity index (χ1) is 9.96. The van der Waals surface area contributed by atoms with E-state index in [1.807, 2.05) is 0 Å². The van der Waals surface area contributed by atoms with E-state index in [0.717, 1.165) is 12.5 Å². The lowest BCUT2D eigenvalue weighted by Crippen LogP contribution is -2.44. The summed E-state index contributed by atoms with van der Waals surface area (Å²) in [6.07, 6.45) is 2.09. The first kappa shape index (κ1) is 21.3. The Morgan fingerprint density at radius 1 is 1.36 bits per heavy atom. The molecule has 0 aliphatic heterocycles. The zero-order valence-electron chi connectivity index (χ0n) is 13.5. The van der Waals surface area contributed by atoms with Crippen LogP contribution in [0.1, 0.15) is 13.8 Å². The van der Waals surface area contributed by atoms with E-state index in [0.29, 0.717) is 18.9 Å². The molecule has 0 fully saturated rings.